The van der Waals surface area contributed by atoms with E-state index in [1.165, 1.54) is 17.5 Å². The largest absolute Gasteiger partial charge is 0.478 e. The maximum absolute atomic E-state index is 13.5. The van der Waals surface area contributed by atoms with Gasteiger partial charge in [-0.25, -0.2) is 9.31 Å². The minimum atomic E-state index is -0.986. The van der Waals surface area contributed by atoms with Crippen molar-refractivity contribution in [1.29, 1.82) is 0 Å². The van der Waals surface area contributed by atoms with E-state index < -0.39 is 5.97 Å². The molecule has 2 N–H and O–H groups in total. The van der Waals surface area contributed by atoms with Crippen molar-refractivity contribution in [2.45, 2.75) is 13.0 Å². The number of nitrogens with zero attached hydrogens (tertiary/aromatic N) is 3. The van der Waals surface area contributed by atoms with E-state index in [4.69, 9.17) is 5.11 Å². The van der Waals surface area contributed by atoms with Gasteiger partial charge in [0.1, 0.15) is 5.52 Å². The molecule has 0 spiro atoms. The quantitative estimate of drug-likeness (QED) is 0.277. The summed E-state index contributed by atoms with van der Waals surface area (Å²) < 4.78 is 1.68. The number of benzene rings is 3. The van der Waals surface area contributed by atoms with Crippen LogP contribution in [-0.2, 0) is 13.0 Å². The molecule has 6 aromatic rings. The lowest BCUT2D eigenvalue weighted by molar-refractivity contribution is 0.0696. The predicted octanol–water partition coefficient (Wildman–Crippen LogP) is 5.83. The number of carboxylic acid groups (broad SMARTS) is 1. The molecule has 3 aromatic carbocycles. The maximum atomic E-state index is 13.5. The van der Waals surface area contributed by atoms with Crippen molar-refractivity contribution in [2.75, 3.05) is 0 Å². The molecule has 7 nitrogen and oxygen atoms in total. The lowest BCUT2D eigenvalue weighted by atomic mass is 10.0. The molecule has 3 aromatic heterocycles. The SMILES string of the molecule is O=C(O)c1ccc(CNC(=O)c2cc(-c3ccsc3)cn3nnc(Cc4ccc5ccccc5c4)c23)cc1. The summed E-state index contributed by atoms with van der Waals surface area (Å²) in [6, 6.07) is 24.9. The molecule has 0 aliphatic rings. The van der Waals surface area contributed by atoms with Crippen LogP contribution in [0.1, 0.15) is 37.5 Å². The van der Waals surface area contributed by atoms with Gasteiger partial charge in [-0.1, -0.05) is 59.8 Å². The fourth-order valence-electron chi connectivity index (χ4n) is 4.55. The number of rotatable bonds is 7. The van der Waals surface area contributed by atoms with Crippen molar-refractivity contribution in [3.05, 3.63) is 124 Å². The van der Waals surface area contributed by atoms with Crippen molar-refractivity contribution in [1.82, 2.24) is 20.1 Å². The zero-order valence-corrected chi connectivity index (χ0v) is 21.0. The highest BCUT2D eigenvalue weighted by Gasteiger charge is 2.19. The Balaban J connectivity index is 1.35. The smallest absolute Gasteiger partial charge is 0.335 e. The third-order valence-electron chi connectivity index (χ3n) is 6.52. The Morgan fingerprint density at radius 3 is 2.45 bits per heavy atom. The zero-order chi connectivity index (χ0) is 26.1. The number of aromatic nitrogens is 3. The van der Waals surface area contributed by atoms with Crippen molar-refractivity contribution >= 4 is 39.5 Å². The summed E-state index contributed by atoms with van der Waals surface area (Å²) in [5.74, 6) is -1.24. The molecule has 0 fully saturated rings. The highest BCUT2D eigenvalue weighted by Crippen LogP contribution is 2.27. The van der Waals surface area contributed by atoms with E-state index in [1.807, 2.05) is 41.2 Å². The molecule has 0 aliphatic carbocycles. The number of hydrogen-bond donors (Lipinski definition) is 2. The molecular weight excluding hydrogens is 496 g/mol. The van der Waals surface area contributed by atoms with Crippen LogP contribution in [0.3, 0.4) is 0 Å². The number of hydrogen-bond acceptors (Lipinski definition) is 5. The molecule has 0 unspecified atom stereocenters. The molecule has 0 aliphatic heterocycles. The van der Waals surface area contributed by atoms with Crippen LogP contribution in [0.15, 0.2) is 95.8 Å². The molecule has 0 atom stereocenters. The summed E-state index contributed by atoms with van der Waals surface area (Å²) in [6.07, 6.45) is 2.43. The Labute approximate surface area is 222 Å². The van der Waals surface area contributed by atoms with Crippen LogP contribution in [0.5, 0.6) is 0 Å². The van der Waals surface area contributed by atoms with Crippen molar-refractivity contribution < 1.29 is 14.7 Å². The first-order valence-corrected chi connectivity index (χ1v) is 13.0. The van der Waals surface area contributed by atoms with E-state index in [0.29, 0.717) is 23.2 Å². The number of aromatic carboxylic acids is 1. The van der Waals surface area contributed by atoms with Gasteiger partial charge in [-0.3, -0.25) is 4.79 Å². The topological polar surface area (TPSA) is 96.6 Å². The van der Waals surface area contributed by atoms with Crippen molar-refractivity contribution in [3.63, 3.8) is 0 Å². The van der Waals surface area contributed by atoms with E-state index in [-0.39, 0.29) is 18.0 Å². The number of carbonyl (C=O) groups is 2. The van der Waals surface area contributed by atoms with E-state index >= 15 is 0 Å². The summed E-state index contributed by atoms with van der Waals surface area (Å²) in [7, 11) is 0. The predicted molar refractivity (Wildman–Crippen MR) is 148 cm³/mol. The monoisotopic (exact) mass is 518 g/mol. The van der Waals surface area contributed by atoms with Crippen LogP contribution in [0.2, 0.25) is 0 Å². The standard InChI is InChI=1S/C30H22N4O3S/c35-29(31-16-19-5-9-22(10-6-19)30(36)37)26-15-25(24-11-12-38-18-24)17-34-28(26)27(32-33-34)14-20-7-8-21-3-1-2-4-23(21)13-20/h1-13,15,17-18H,14,16H2,(H,31,35)(H,36,37). The lowest BCUT2D eigenvalue weighted by Crippen LogP contribution is -2.24. The van der Waals surface area contributed by atoms with E-state index in [1.54, 1.807) is 28.0 Å². The van der Waals surface area contributed by atoms with Crippen LogP contribution < -0.4 is 5.32 Å². The Kier molecular flexibility index (Phi) is 6.15. The van der Waals surface area contributed by atoms with Gasteiger partial charge in [0.25, 0.3) is 5.91 Å². The van der Waals surface area contributed by atoms with E-state index in [2.05, 4.69) is 46.0 Å². The Morgan fingerprint density at radius 1 is 0.895 bits per heavy atom. The van der Waals surface area contributed by atoms with Gasteiger partial charge >= 0.3 is 5.97 Å². The van der Waals surface area contributed by atoms with E-state index in [0.717, 1.165) is 27.6 Å². The first-order valence-electron chi connectivity index (χ1n) is 12.0. The number of pyridine rings is 1. The van der Waals surface area contributed by atoms with Gasteiger partial charge in [-0.15, -0.1) is 5.10 Å². The van der Waals surface area contributed by atoms with Gasteiger partial charge in [0, 0.05) is 24.7 Å². The average molecular weight is 519 g/mol. The van der Waals surface area contributed by atoms with E-state index in [9.17, 15) is 9.59 Å². The van der Waals surface area contributed by atoms with Gasteiger partial charge in [0.15, 0.2) is 0 Å². The van der Waals surface area contributed by atoms with Gasteiger partial charge in [-0.2, -0.15) is 11.3 Å². The van der Waals surface area contributed by atoms with Gasteiger partial charge in [0.2, 0.25) is 0 Å². The highest BCUT2D eigenvalue weighted by molar-refractivity contribution is 7.08. The Bertz CT molecular complexity index is 1790. The molecule has 6 rings (SSSR count). The summed E-state index contributed by atoms with van der Waals surface area (Å²) in [5.41, 5.74) is 5.82. The van der Waals surface area contributed by atoms with Gasteiger partial charge in [0.05, 0.1) is 16.8 Å². The maximum Gasteiger partial charge on any atom is 0.335 e. The van der Waals surface area contributed by atoms with Crippen LogP contribution in [-0.4, -0.2) is 31.8 Å². The number of carboxylic acids is 1. The van der Waals surface area contributed by atoms with Gasteiger partial charge < -0.3 is 10.4 Å². The normalized spacial score (nSPS) is 11.2. The molecule has 186 valence electrons. The fraction of sp³-hybridized carbons (Fsp3) is 0.0667. The number of thiophene rings is 1. The molecule has 0 saturated heterocycles. The summed E-state index contributed by atoms with van der Waals surface area (Å²) in [5, 5.41) is 27.3. The first kappa shape index (κ1) is 23.6. The van der Waals surface area contributed by atoms with Crippen LogP contribution in [0.4, 0.5) is 0 Å². The second-order valence-electron chi connectivity index (χ2n) is 9.03. The minimum Gasteiger partial charge on any atom is -0.478 e. The molecule has 0 saturated carbocycles. The van der Waals surface area contributed by atoms with Crippen molar-refractivity contribution in [3.8, 4) is 11.1 Å². The van der Waals surface area contributed by atoms with Gasteiger partial charge in [-0.05, 0) is 62.5 Å². The molecule has 38 heavy (non-hydrogen) atoms. The number of fused-ring (bicyclic) bond motifs is 2. The van der Waals surface area contributed by atoms with Crippen LogP contribution in [0.25, 0.3) is 27.4 Å². The Morgan fingerprint density at radius 2 is 1.68 bits per heavy atom. The third kappa shape index (κ3) is 4.65. The molecule has 3 heterocycles. The lowest BCUT2D eigenvalue weighted by Gasteiger charge is -2.10. The summed E-state index contributed by atoms with van der Waals surface area (Å²) in [6.45, 7) is 0.259. The summed E-state index contributed by atoms with van der Waals surface area (Å²) in [4.78, 5) is 24.7. The second kappa shape index (κ2) is 9.91. The Hall–Kier alpha value is -4.82. The highest BCUT2D eigenvalue weighted by atomic mass is 32.1. The van der Waals surface area contributed by atoms with Crippen LogP contribution in [0, 0.1) is 0 Å². The molecular formula is C30H22N4O3S. The summed E-state index contributed by atoms with van der Waals surface area (Å²) >= 11 is 1.58. The average Bonchev–Trinajstić information content (AvgIpc) is 3.62. The molecule has 8 heteroatoms. The zero-order valence-electron chi connectivity index (χ0n) is 20.2. The van der Waals surface area contributed by atoms with Crippen LogP contribution >= 0.6 is 11.3 Å². The fourth-order valence-corrected chi connectivity index (χ4v) is 5.22. The number of carbonyl (C=O) groups excluding carboxylic acids is 1. The molecule has 0 bridgehead atoms. The minimum absolute atomic E-state index is 0.203. The number of amides is 1. The number of nitrogens with one attached hydrogen (secondary N) is 1. The molecule has 0 radical (unpaired) electrons. The molecule has 1 amide bonds. The third-order valence-corrected chi connectivity index (χ3v) is 7.20. The first-order chi connectivity index (χ1) is 18.5. The van der Waals surface area contributed by atoms with Crippen molar-refractivity contribution in [2.24, 2.45) is 0 Å². The second-order valence-corrected chi connectivity index (χ2v) is 9.81.